The molecule has 0 radical (unpaired) electrons. The van der Waals surface area contributed by atoms with E-state index in [2.05, 4.69) is 0 Å². The summed E-state index contributed by atoms with van der Waals surface area (Å²) in [6, 6.07) is 5.85. The zero-order valence-corrected chi connectivity index (χ0v) is 20.9. The Morgan fingerprint density at radius 1 is 1.00 bits per heavy atom. The first-order chi connectivity index (χ1) is 17.4. The molecule has 38 heavy (non-hydrogen) atoms. The van der Waals surface area contributed by atoms with E-state index in [0.717, 1.165) is 41.3 Å². The second-order valence-electron chi connectivity index (χ2n) is 9.38. The third-order valence-electron chi connectivity index (χ3n) is 6.32. The lowest BCUT2D eigenvalue weighted by Gasteiger charge is -2.34. The Hall–Kier alpha value is -2.87. The number of alkyl halides is 6. The lowest BCUT2D eigenvalue weighted by atomic mass is 9.89. The Balaban J connectivity index is 2.12. The number of carbonyl (C=O) groups is 1. The molecule has 0 spiro atoms. The lowest BCUT2D eigenvalue weighted by molar-refractivity contribution is -0.376. The van der Waals surface area contributed by atoms with Crippen LogP contribution in [0.15, 0.2) is 53.4 Å². The van der Waals surface area contributed by atoms with E-state index in [-0.39, 0.29) is 35.9 Å². The third kappa shape index (κ3) is 5.07. The molecule has 6 nitrogen and oxygen atoms in total. The van der Waals surface area contributed by atoms with Gasteiger partial charge in [0.05, 0.1) is 11.5 Å². The average molecular weight is 572 g/mol. The predicted molar refractivity (Wildman–Crippen MR) is 120 cm³/mol. The highest BCUT2D eigenvalue weighted by Crippen LogP contribution is 2.51. The van der Waals surface area contributed by atoms with Crippen LogP contribution >= 0.6 is 0 Å². The Kier molecular flexibility index (Phi) is 7.83. The monoisotopic (exact) mass is 571 g/mol. The van der Waals surface area contributed by atoms with Crippen LogP contribution in [0.2, 0.25) is 0 Å². The molecular formula is C24H24F7NO5S. The maximum Gasteiger partial charge on any atom is 0.430 e. The van der Waals surface area contributed by atoms with Gasteiger partial charge in [-0.1, -0.05) is 38.1 Å². The van der Waals surface area contributed by atoms with Crippen LogP contribution in [0.25, 0.3) is 0 Å². The van der Waals surface area contributed by atoms with Gasteiger partial charge in [0.15, 0.2) is 9.84 Å². The van der Waals surface area contributed by atoms with Crippen molar-refractivity contribution in [3.05, 3.63) is 65.5 Å². The largest absolute Gasteiger partial charge is 0.449 e. The number of hydrogen-bond acceptors (Lipinski definition) is 5. The Morgan fingerprint density at radius 3 is 2.00 bits per heavy atom. The summed E-state index contributed by atoms with van der Waals surface area (Å²) >= 11 is 0. The maximum atomic E-state index is 13.8. The van der Waals surface area contributed by atoms with Gasteiger partial charge in [-0.25, -0.2) is 17.6 Å². The van der Waals surface area contributed by atoms with E-state index in [0.29, 0.717) is 12.1 Å². The number of amides is 1. The standard InChI is InChI=1S/C24H24F7NO5S/c1-15(2)13-37-20(33)32-12-11-21(14-32,38(35,36)19-9-7-18(25)8-10-19)16-3-5-17(6-4-16)22(34,23(26,27)28)24(29,30)31/h3-10,15,34H,11-14H2,1-2H3. The molecule has 1 amide bonds. The van der Waals surface area contributed by atoms with Gasteiger partial charge >= 0.3 is 18.4 Å². The molecule has 1 N–H and O–H groups in total. The molecule has 2 aromatic rings. The van der Waals surface area contributed by atoms with E-state index >= 15 is 0 Å². The summed E-state index contributed by atoms with van der Waals surface area (Å²) < 4.78 is 124. The van der Waals surface area contributed by atoms with Crippen molar-refractivity contribution in [2.45, 2.75) is 47.9 Å². The molecule has 1 aliphatic heterocycles. The molecule has 1 saturated heterocycles. The molecule has 1 heterocycles. The first kappa shape index (κ1) is 29.7. The summed E-state index contributed by atoms with van der Waals surface area (Å²) in [5, 5.41) is 9.69. The fourth-order valence-electron chi connectivity index (χ4n) is 4.22. The van der Waals surface area contributed by atoms with Crippen molar-refractivity contribution < 1.29 is 53.8 Å². The van der Waals surface area contributed by atoms with Gasteiger partial charge in [0.1, 0.15) is 10.6 Å². The number of halogens is 7. The summed E-state index contributed by atoms with van der Waals surface area (Å²) in [4.78, 5) is 13.3. The van der Waals surface area contributed by atoms with Crippen LogP contribution in [0, 0.1) is 11.7 Å². The van der Waals surface area contributed by atoms with Gasteiger partial charge in [-0.15, -0.1) is 0 Å². The van der Waals surface area contributed by atoms with Crippen LogP contribution in [0.3, 0.4) is 0 Å². The number of carbonyl (C=O) groups excluding carboxylic acids is 1. The highest BCUT2D eigenvalue weighted by atomic mass is 32.2. The summed E-state index contributed by atoms with van der Waals surface area (Å²) in [5.74, 6) is -0.783. The van der Waals surface area contributed by atoms with Crippen LogP contribution in [0.1, 0.15) is 31.4 Å². The van der Waals surface area contributed by atoms with Crippen LogP contribution in [-0.2, 0) is 24.9 Å². The van der Waals surface area contributed by atoms with E-state index in [1.807, 2.05) is 0 Å². The van der Waals surface area contributed by atoms with Gasteiger partial charge in [0.2, 0.25) is 0 Å². The van der Waals surface area contributed by atoms with Crippen LogP contribution < -0.4 is 0 Å². The number of sulfone groups is 1. The fourth-order valence-corrected chi connectivity index (χ4v) is 6.30. The number of rotatable bonds is 6. The van der Waals surface area contributed by atoms with Crippen molar-refractivity contribution in [2.75, 3.05) is 19.7 Å². The first-order valence-electron chi connectivity index (χ1n) is 11.3. The summed E-state index contributed by atoms with van der Waals surface area (Å²) in [5.41, 5.74) is -7.00. The molecule has 1 aliphatic rings. The molecule has 3 rings (SSSR count). The zero-order chi connectivity index (χ0) is 28.7. The van der Waals surface area contributed by atoms with Crippen molar-refractivity contribution in [3.8, 4) is 0 Å². The predicted octanol–water partition coefficient (Wildman–Crippen LogP) is 5.31. The fraction of sp³-hybridized carbons (Fsp3) is 0.458. The quantitative estimate of drug-likeness (QED) is 0.376. The van der Waals surface area contributed by atoms with Crippen molar-refractivity contribution in [1.82, 2.24) is 4.90 Å². The second-order valence-corrected chi connectivity index (χ2v) is 11.6. The number of likely N-dealkylation sites (tertiary alicyclic amines) is 1. The Labute approximate surface area is 213 Å². The van der Waals surface area contributed by atoms with Gasteiger partial charge in [-0.3, -0.25) is 0 Å². The summed E-state index contributed by atoms with van der Waals surface area (Å²) in [7, 11) is -4.50. The van der Waals surface area contributed by atoms with Crippen molar-refractivity contribution in [1.29, 1.82) is 0 Å². The third-order valence-corrected chi connectivity index (χ3v) is 8.81. The maximum absolute atomic E-state index is 13.8. The molecule has 1 fully saturated rings. The number of benzene rings is 2. The van der Waals surface area contributed by atoms with Gasteiger partial charge in [0, 0.05) is 18.7 Å². The van der Waals surface area contributed by atoms with E-state index in [4.69, 9.17) is 4.74 Å². The Bertz CT molecular complexity index is 1250. The van der Waals surface area contributed by atoms with Crippen LogP contribution in [-0.4, -0.2) is 56.6 Å². The minimum absolute atomic E-state index is 0.0230. The second kappa shape index (κ2) is 10.0. The van der Waals surface area contributed by atoms with E-state index in [1.54, 1.807) is 13.8 Å². The topological polar surface area (TPSA) is 83.9 Å². The molecule has 1 atom stereocenters. The molecule has 0 aromatic heterocycles. The highest BCUT2D eigenvalue weighted by molar-refractivity contribution is 7.92. The molecule has 0 aliphatic carbocycles. The highest BCUT2D eigenvalue weighted by Gasteiger charge is 2.71. The summed E-state index contributed by atoms with van der Waals surface area (Å²) in [6.07, 6.45) is -13.4. The van der Waals surface area contributed by atoms with E-state index in [9.17, 15) is 49.1 Å². The smallest absolute Gasteiger partial charge is 0.430 e. The van der Waals surface area contributed by atoms with Gasteiger partial charge < -0.3 is 14.7 Å². The number of nitrogens with zero attached hydrogens (tertiary/aromatic N) is 1. The molecular weight excluding hydrogens is 547 g/mol. The zero-order valence-electron chi connectivity index (χ0n) is 20.1. The minimum atomic E-state index is -6.13. The van der Waals surface area contributed by atoms with Gasteiger partial charge in [0.25, 0.3) is 5.60 Å². The van der Waals surface area contributed by atoms with Crippen molar-refractivity contribution in [3.63, 3.8) is 0 Å². The average Bonchev–Trinajstić information content (AvgIpc) is 3.28. The normalized spacial score (nSPS) is 19.2. The Morgan fingerprint density at radius 2 is 1.53 bits per heavy atom. The number of aliphatic hydroxyl groups is 1. The molecule has 0 bridgehead atoms. The number of ether oxygens (including phenoxy) is 1. The molecule has 14 heteroatoms. The minimum Gasteiger partial charge on any atom is -0.449 e. The number of hydrogen-bond donors (Lipinski definition) is 1. The van der Waals surface area contributed by atoms with E-state index < -0.39 is 56.6 Å². The van der Waals surface area contributed by atoms with Crippen molar-refractivity contribution >= 4 is 15.9 Å². The molecule has 210 valence electrons. The molecule has 0 saturated carbocycles. The lowest BCUT2D eigenvalue weighted by Crippen LogP contribution is -2.54. The van der Waals surface area contributed by atoms with Crippen molar-refractivity contribution in [2.24, 2.45) is 5.92 Å². The van der Waals surface area contributed by atoms with E-state index in [1.165, 1.54) is 0 Å². The van der Waals surface area contributed by atoms with Crippen LogP contribution in [0.5, 0.6) is 0 Å². The summed E-state index contributed by atoms with van der Waals surface area (Å²) in [6.45, 7) is 2.87. The molecule has 2 aromatic carbocycles. The molecule has 1 unspecified atom stereocenters. The first-order valence-corrected chi connectivity index (χ1v) is 12.7. The SMILES string of the molecule is CC(C)COC(=O)N1CCC(c2ccc(C(O)(C(F)(F)F)C(F)(F)F)cc2)(S(=O)(=O)c2ccc(F)cc2)C1. The van der Waals surface area contributed by atoms with Crippen LogP contribution in [0.4, 0.5) is 35.5 Å². The van der Waals surface area contributed by atoms with Gasteiger partial charge in [-0.2, -0.15) is 26.3 Å². The van der Waals surface area contributed by atoms with Gasteiger partial charge in [-0.05, 0) is 42.2 Å².